The van der Waals surface area contributed by atoms with Crippen LogP contribution in [0.5, 0.6) is 0 Å². The van der Waals surface area contributed by atoms with E-state index in [2.05, 4.69) is 15.6 Å². The maximum absolute atomic E-state index is 12.8. The van der Waals surface area contributed by atoms with Gasteiger partial charge in [0.15, 0.2) is 5.69 Å². The summed E-state index contributed by atoms with van der Waals surface area (Å²) >= 11 is 0. The van der Waals surface area contributed by atoms with Crippen LogP contribution in [0.2, 0.25) is 0 Å². The van der Waals surface area contributed by atoms with Crippen LogP contribution in [-0.4, -0.2) is 32.0 Å². The summed E-state index contributed by atoms with van der Waals surface area (Å²) in [5.41, 5.74) is -1.77. The molecule has 1 amide bonds. The molecule has 0 aliphatic carbocycles. The molecule has 0 aliphatic rings. The first-order chi connectivity index (χ1) is 10.3. The molecule has 0 atom stereocenters. The number of nitrogens with one attached hydrogen (secondary N) is 1. The van der Waals surface area contributed by atoms with Crippen molar-refractivity contribution in [2.45, 2.75) is 12.7 Å². The van der Waals surface area contributed by atoms with Gasteiger partial charge in [0.1, 0.15) is 6.54 Å². The molecule has 0 aliphatic heterocycles. The van der Waals surface area contributed by atoms with Gasteiger partial charge in [-0.2, -0.15) is 13.2 Å². The Bertz CT molecular complexity index is 712. The van der Waals surface area contributed by atoms with Crippen molar-refractivity contribution in [3.63, 3.8) is 0 Å². The molecular formula is C12H9F3N4O3. The van der Waals surface area contributed by atoms with Crippen molar-refractivity contribution >= 4 is 17.6 Å². The van der Waals surface area contributed by atoms with E-state index in [0.717, 1.165) is 23.0 Å². The van der Waals surface area contributed by atoms with E-state index < -0.39 is 35.8 Å². The fraction of sp³-hybridized carbons (Fsp3) is 0.167. The molecule has 2 aromatic rings. The molecular weight excluding hydrogens is 305 g/mol. The monoisotopic (exact) mass is 314 g/mol. The molecule has 2 rings (SSSR count). The number of para-hydroxylation sites is 1. The van der Waals surface area contributed by atoms with Gasteiger partial charge in [0, 0.05) is 0 Å². The summed E-state index contributed by atoms with van der Waals surface area (Å²) in [5.74, 6) is -2.21. The fourth-order valence-corrected chi connectivity index (χ4v) is 1.71. The van der Waals surface area contributed by atoms with E-state index in [1.807, 2.05) is 0 Å². The lowest BCUT2D eigenvalue weighted by Crippen LogP contribution is -2.23. The number of carboxylic acids is 1. The maximum Gasteiger partial charge on any atom is 0.418 e. The Morgan fingerprint density at radius 1 is 1.27 bits per heavy atom. The number of hydrogen-bond donors (Lipinski definition) is 2. The van der Waals surface area contributed by atoms with Crippen molar-refractivity contribution < 1.29 is 27.9 Å². The highest BCUT2D eigenvalue weighted by Crippen LogP contribution is 2.34. The third kappa shape index (κ3) is 3.40. The number of hydrogen-bond acceptors (Lipinski definition) is 4. The average Bonchev–Trinajstić information content (AvgIpc) is 2.86. The van der Waals surface area contributed by atoms with Crippen molar-refractivity contribution in [3.05, 3.63) is 41.7 Å². The number of carbonyl (C=O) groups is 2. The minimum atomic E-state index is -4.62. The van der Waals surface area contributed by atoms with E-state index in [-0.39, 0.29) is 5.69 Å². The molecule has 0 bridgehead atoms. The number of nitrogens with zero attached hydrogens (tertiary/aromatic N) is 3. The van der Waals surface area contributed by atoms with Gasteiger partial charge in [-0.3, -0.25) is 4.79 Å². The van der Waals surface area contributed by atoms with Crippen LogP contribution in [0.25, 0.3) is 0 Å². The molecule has 22 heavy (non-hydrogen) atoms. The first-order valence-electron chi connectivity index (χ1n) is 5.87. The van der Waals surface area contributed by atoms with Crippen molar-refractivity contribution in [2.24, 2.45) is 0 Å². The van der Waals surface area contributed by atoms with E-state index >= 15 is 0 Å². The highest BCUT2D eigenvalue weighted by molar-refractivity contribution is 5.92. The number of halogens is 3. The molecule has 10 heteroatoms. The van der Waals surface area contributed by atoms with Crippen molar-refractivity contribution in [3.8, 4) is 0 Å². The summed E-state index contributed by atoms with van der Waals surface area (Å²) in [5, 5.41) is 17.6. The van der Waals surface area contributed by atoms with Crippen molar-refractivity contribution in [1.82, 2.24) is 15.0 Å². The van der Waals surface area contributed by atoms with E-state index in [1.54, 1.807) is 0 Å². The number of alkyl halides is 3. The molecule has 0 spiro atoms. The zero-order chi connectivity index (χ0) is 16.3. The number of rotatable bonds is 4. The predicted octanol–water partition coefficient (Wildman–Crippen LogP) is 1.63. The van der Waals surface area contributed by atoms with Crippen LogP contribution in [0.1, 0.15) is 16.1 Å². The number of carbonyl (C=O) groups excluding carboxylic acids is 1. The second kappa shape index (κ2) is 5.84. The van der Waals surface area contributed by atoms with E-state index in [0.29, 0.717) is 0 Å². The molecule has 0 fully saturated rings. The molecule has 116 valence electrons. The summed E-state index contributed by atoms with van der Waals surface area (Å²) in [6.07, 6.45) is -3.69. The number of amides is 1. The van der Waals surface area contributed by atoms with E-state index in [9.17, 15) is 22.8 Å². The van der Waals surface area contributed by atoms with Gasteiger partial charge in [-0.15, -0.1) is 5.10 Å². The lowest BCUT2D eigenvalue weighted by Gasteiger charge is -2.13. The van der Waals surface area contributed by atoms with Crippen LogP contribution >= 0.6 is 0 Å². The van der Waals surface area contributed by atoms with Gasteiger partial charge in [-0.1, -0.05) is 17.3 Å². The number of aromatic nitrogens is 3. The quantitative estimate of drug-likeness (QED) is 0.894. The van der Waals surface area contributed by atoms with Gasteiger partial charge in [0.05, 0.1) is 17.4 Å². The normalized spacial score (nSPS) is 11.2. The van der Waals surface area contributed by atoms with Gasteiger partial charge >= 0.3 is 12.1 Å². The standard InChI is InChI=1S/C12H9F3N4O3/c13-12(14,15)7-3-1-2-4-8(7)17-10(20)6-19-9(11(21)22)5-16-18-19/h1-5H,6H2,(H,17,20)(H,21,22). The minimum Gasteiger partial charge on any atom is -0.476 e. The van der Waals surface area contributed by atoms with Gasteiger partial charge in [0.25, 0.3) is 0 Å². The molecule has 1 aromatic heterocycles. The van der Waals surface area contributed by atoms with E-state index in [4.69, 9.17) is 5.11 Å². The lowest BCUT2D eigenvalue weighted by atomic mass is 10.1. The summed E-state index contributed by atoms with van der Waals surface area (Å²) in [6, 6.07) is 4.45. The zero-order valence-corrected chi connectivity index (χ0v) is 10.8. The van der Waals surface area contributed by atoms with Crippen LogP contribution in [0.4, 0.5) is 18.9 Å². The molecule has 0 saturated heterocycles. The average molecular weight is 314 g/mol. The topological polar surface area (TPSA) is 97.1 Å². The van der Waals surface area contributed by atoms with Gasteiger partial charge < -0.3 is 10.4 Å². The Balaban J connectivity index is 2.17. The van der Waals surface area contributed by atoms with Crippen molar-refractivity contribution in [2.75, 3.05) is 5.32 Å². The largest absolute Gasteiger partial charge is 0.476 e. The maximum atomic E-state index is 12.8. The highest BCUT2D eigenvalue weighted by Gasteiger charge is 2.33. The number of anilines is 1. The SMILES string of the molecule is O=C(Cn1nncc1C(=O)O)Nc1ccccc1C(F)(F)F. The number of aromatic carboxylic acids is 1. The van der Waals surface area contributed by atoms with E-state index in [1.165, 1.54) is 12.1 Å². The van der Waals surface area contributed by atoms with Gasteiger partial charge in [-0.25, -0.2) is 9.48 Å². The lowest BCUT2D eigenvalue weighted by molar-refractivity contribution is -0.137. The summed E-state index contributed by atoms with van der Waals surface area (Å²) in [4.78, 5) is 22.6. The summed E-state index contributed by atoms with van der Waals surface area (Å²) < 4.78 is 39.1. The number of carboxylic acid groups (broad SMARTS) is 1. The molecule has 1 aromatic carbocycles. The first-order valence-corrected chi connectivity index (χ1v) is 5.87. The second-order valence-electron chi connectivity index (χ2n) is 4.17. The first kappa shape index (κ1) is 15.5. The molecule has 2 N–H and O–H groups in total. The minimum absolute atomic E-state index is 0.348. The molecule has 0 saturated carbocycles. The van der Waals surface area contributed by atoms with Crippen LogP contribution in [-0.2, 0) is 17.5 Å². The molecule has 7 nitrogen and oxygen atoms in total. The second-order valence-corrected chi connectivity index (χ2v) is 4.17. The number of benzene rings is 1. The molecule has 0 unspecified atom stereocenters. The third-order valence-corrected chi connectivity index (χ3v) is 2.64. The van der Waals surface area contributed by atoms with Gasteiger partial charge in [0.2, 0.25) is 5.91 Å². The van der Waals surface area contributed by atoms with Crippen LogP contribution in [0, 0.1) is 0 Å². The Hall–Kier alpha value is -2.91. The van der Waals surface area contributed by atoms with Crippen LogP contribution in [0.3, 0.4) is 0 Å². The van der Waals surface area contributed by atoms with Crippen molar-refractivity contribution in [1.29, 1.82) is 0 Å². The Labute approximate surface area is 121 Å². The summed E-state index contributed by atoms with van der Waals surface area (Å²) in [7, 11) is 0. The Kier molecular flexibility index (Phi) is 4.11. The molecule has 0 radical (unpaired) electrons. The zero-order valence-electron chi connectivity index (χ0n) is 10.8. The smallest absolute Gasteiger partial charge is 0.418 e. The predicted molar refractivity (Wildman–Crippen MR) is 67.1 cm³/mol. The Morgan fingerprint density at radius 3 is 2.59 bits per heavy atom. The van der Waals surface area contributed by atoms with Crippen LogP contribution < -0.4 is 5.32 Å². The summed E-state index contributed by atoms with van der Waals surface area (Å²) in [6.45, 7) is -0.576. The molecule has 1 heterocycles. The Morgan fingerprint density at radius 2 is 1.95 bits per heavy atom. The third-order valence-electron chi connectivity index (χ3n) is 2.64. The highest BCUT2D eigenvalue weighted by atomic mass is 19.4. The van der Waals surface area contributed by atoms with Gasteiger partial charge in [-0.05, 0) is 12.1 Å². The van der Waals surface area contributed by atoms with Crippen LogP contribution in [0.15, 0.2) is 30.5 Å². The fourth-order valence-electron chi connectivity index (χ4n) is 1.71.